The van der Waals surface area contributed by atoms with E-state index in [4.69, 9.17) is 11.6 Å². The summed E-state index contributed by atoms with van der Waals surface area (Å²) < 4.78 is 13.6. The first-order chi connectivity index (χ1) is 11.6. The normalized spacial score (nSPS) is 25.2. The molecule has 6 heteroatoms. The van der Waals surface area contributed by atoms with Crippen LogP contribution in [0.3, 0.4) is 0 Å². The molecule has 2 aliphatic rings. The molecule has 1 aromatic carbocycles. The number of halogens is 2. The van der Waals surface area contributed by atoms with Crippen LogP contribution in [0.25, 0.3) is 0 Å². The molecule has 3 rings (SSSR count). The van der Waals surface area contributed by atoms with Crippen molar-refractivity contribution in [1.29, 1.82) is 0 Å². The van der Waals surface area contributed by atoms with E-state index in [1.165, 1.54) is 31.4 Å². The third-order valence-corrected chi connectivity index (χ3v) is 5.51. The van der Waals surface area contributed by atoms with Crippen molar-refractivity contribution in [3.05, 3.63) is 34.6 Å². The Hall–Kier alpha value is -1.17. The van der Waals surface area contributed by atoms with E-state index in [0.29, 0.717) is 18.7 Å². The minimum absolute atomic E-state index is 0.0178. The van der Waals surface area contributed by atoms with Crippen LogP contribution in [0.15, 0.2) is 18.2 Å². The van der Waals surface area contributed by atoms with Crippen molar-refractivity contribution in [3.8, 4) is 0 Å². The molecule has 0 radical (unpaired) electrons. The number of piperidine rings is 1. The van der Waals surface area contributed by atoms with Crippen LogP contribution in [0, 0.1) is 17.7 Å². The number of likely N-dealkylation sites (tertiary alicyclic amines) is 2. The highest BCUT2D eigenvalue weighted by molar-refractivity contribution is 6.30. The lowest BCUT2D eigenvalue weighted by Crippen LogP contribution is -2.37. The third-order valence-electron chi connectivity index (χ3n) is 5.21. The lowest BCUT2D eigenvalue weighted by atomic mass is 9.95. The standard InChI is InChI=1S/C18H24ClFN2O2/c19-16-5-4-13(8-17(16)20)18(24)22-10-14(15(11-22)12-23)9-21-6-2-1-3-7-21/h4-5,8,14-15,23H,1-3,6-7,9-12H2/t14-,15-/m1/s1. The van der Waals surface area contributed by atoms with Crippen LogP contribution < -0.4 is 0 Å². The van der Waals surface area contributed by atoms with Gasteiger partial charge in [0.05, 0.1) is 5.02 Å². The summed E-state index contributed by atoms with van der Waals surface area (Å²) >= 11 is 5.68. The van der Waals surface area contributed by atoms with Gasteiger partial charge in [-0.2, -0.15) is 0 Å². The predicted octanol–water partition coefficient (Wildman–Crippen LogP) is 2.65. The molecular formula is C18H24ClFN2O2. The molecule has 24 heavy (non-hydrogen) atoms. The van der Waals surface area contributed by atoms with Crippen molar-refractivity contribution in [1.82, 2.24) is 9.80 Å². The lowest BCUT2D eigenvalue weighted by molar-refractivity contribution is 0.0778. The summed E-state index contributed by atoms with van der Waals surface area (Å²) in [5, 5.41) is 9.70. The molecule has 132 valence electrons. The molecule has 1 aromatic rings. The second-order valence-corrected chi connectivity index (χ2v) is 7.31. The predicted molar refractivity (Wildman–Crippen MR) is 91.7 cm³/mol. The Balaban J connectivity index is 1.66. The fraction of sp³-hybridized carbons (Fsp3) is 0.611. The first-order valence-electron chi connectivity index (χ1n) is 8.66. The summed E-state index contributed by atoms with van der Waals surface area (Å²) in [6.45, 7) is 4.35. The van der Waals surface area contributed by atoms with Crippen molar-refractivity contribution in [2.24, 2.45) is 11.8 Å². The average molecular weight is 355 g/mol. The Morgan fingerprint density at radius 3 is 2.58 bits per heavy atom. The van der Waals surface area contributed by atoms with E-state index in [9.17, 15) is 14.3 Å². The molecule has 1 N–H and O–H groups in total. The van der Waals surface area contributed by atoms with Crippen LogP contribution in [0.1, 0.15) is 29.6 Å². The zero-order valence-electron chi connectivity index (χ0n) is 13.8. The van der Waals surface area contributed by atoms with Gasteiger partial charge in [-0.05, 0) is 50.0 Å². The topological polar surface area (TPSA) is 43.8 Å². The molecule has 2 saturated heterocycles. The summed E-state index contributed by atoms with van der Waals surface area (Å²) in [4.78, 5) is 16.8. The van der Waals surface area contributed by atoms with Gasteiger partial charge in [-0.15, -0.1) is 0 Å². The first kappa shape index (κ1) is 17.6. The second kappa shape index (κ2) is 7.81. The fourth-order valence-corrected chi connectivity index (χ4v) is 3.92. The zero-order valence-corrected chi connectivity index (χ0v) is 14.5. The van der Waals surface area contributed by atoms with Crippen molar-refractivity contribution in [2.75, 3.05) is 39.3 Å². The molecule has 4 nitrogen and oxygen atoms in total. The monoisotopic (exact) mass is 354 g/mol. The van der Waals surface area contributed by atoms with Gasteiger partial charge in [-0.25, -0.2) is 4.39 Å². The minimum atomic E-state index is -0.578. The van der Waals surface area contributed by atoms with Crippen LogP contribution in [-0.4, -0.2) is 60.1 Å². The lowest BCUT2D eigenvalue weighted by Gasteiger charge is -2.30. The molecule has 0 unspecified atom stereocenters. The quantitative estimate of drug-likeness (QED) is 0.904. The smallest absolute Gasteiger partial charge is 0.253 e. The number of carbonyl (C=O) groups excluding carboxylic acids is 1. The number of aliphatic hydroxyl groups is 1. The number of aliphatic hydroxyl groups excluding tert-OH is 1. The van der Waals surface area contributed by atoms with Crippen molar-refractivity contribution in [3.63, 3.8) is 0 Å². The number of amides is 1. The second-order valence-electron chi connectivity index (χ2n) is 6.90. The van der Waals surface area contributed by atoms with E-state index >= 15 is 0 Å². The van der Waals surface area contributed by atoms with Crippen molar-refractivity contribution in [2.45, 2.75) is 19.3 Å². The van der Waals surface area contributed by atoms with Gasteiger partial charge in [-0.3, -0.25) is 4.79 Å². The largest absolute Gasteiger partial charge is 0.396 e. The Morgan fingerprint density at radius 1 is 1.21 bits per heavy atom. The maximum atomic E-state index is 13.6. The summed E-state index contributed by atoms with van der Waals surface area (Å²) in [6.07, 6.45) is 3.74. The minimum Gasteiger partial charge on any atom is -0.396 e. The zero-order chi connectivity index (χ0) is 17.1. The van der Waals surface area contributed by atoms with Crippen molar-refractivity contribution < 1.29 is 14.3 Å². The molecule has 1 amide bonds. The van der Waals surface area contributed by atoms with Gasteiger partial charge in [0.25, 0.3) is 5.91 Å². The van der Waals surface area contributed by atoms with Crippen LogP contribution in [0.5, 0.6) is 0 Å². The van der Waals surface area contributed by atoms with Crippen LogP contribution in [-0.2, 0) is 0 Å². The highest BCUT2D eigenvalue weighted by Crippen LogP contribution is 2.27. The third kappa shape index (κ3) is 3.90. The molecule has 0 aliphatic carbocycles. The molecule has 2 heterocycles. The molecule has 2 atom stereocenters. The number of carbonyl (C=O) groups is 1. The first-order valence-corrected chi connectivity index (χ1v) is 9.04. The summed E-state index contributed by atoms with van der Waals surface area (Å²) in [6, 6.07) is 4.16. The maximum absolute atomic E-state index is 13.6. The Bertz CT molecular complexity index is 592. The van der Waals surface area contributed by atoms with Crippen LogP contribution >= 0.6 is 11.6 Å². The number of hydrogen-bond acceptors (Lipinski definition) is 3. The number of rotatable bonds is 4. The van der Waals surface area contributed by atoms with E-state index in [1.54, 1.807) is 11.0 Å². The Labute approximate surface area is 147 Å². The maximum Gasteiger partial charge on any atom is 0.253 e. The van der Waals surface area contributed by atoms with E-state index in [2.05, 4.69) is 4.90 Å². The van der Waals surface area contributed by atoms with Gasteiger partial charge in [0.15, 0.2) is 0 Å². The SMILES string of the molecule is O=C(c1ccc(Cl)c(F)c1)N1C[C@@H](CN2CCCCC2)[C@@H](CO)C1. The average Bonchev–Trinajstić information content (AvgIpc) is 3.00. The number of hydrogen-bond donors (Lipinski definition) is 1. The molecule has 2 aliphatic heterocycles. The molecule has 0 spiro atoms. The Morgan fingerprint density at radius 2 is 1.92 bits per heavy atom. The van der Waals surface area contributed by atoms with E-state index < -0.39 is 5.82 Å². The van der Waals surface area contributed by atoms with E-state index in [0.717, 1.165) is 19.6 Å². The molecular weight excluding hydrogens is 331 g/mol. The van der Waals surface area contributed by atoms with Gasteiger partial charge < -0.3 is 14.9 Å². The van der Waals surface area contributed by atoms with Gasteiger partial charge in [0.2, 0.25) is 0 Å². The summed E-state index contributed by atoms with van der Waals surface area (Å²) in [5.74, 6) is -0.405. The van der Waals surface area contributed by atoms with Gasteiger partial charge >= 0.3 is 0 Å². The number of benzene rings is 1. The fourth-order valence-electron chi connectivity index (χ4n) is 3.80. The molecule has 0 saturated carbocycles. The van der Waals surface area contributed by atoms with Crippen LogP contribution in [0.4, 0.5) is 4.39 Å². The summed E-state index contributed by atoms with van der Waals surface area (Å²) in [7, 11) is 0. The van der Waals surface area contributed by atoms with E-state index in [-0.39, 0.29) is 29.4 Å². The highest BCUT2D eigenvalue weighted by atomic mass is 35.5. The highest BCUT2D eigenvalue weighted by Gasteiger charge is 2.36. The molecule has 0 bridgehead atoms. The molecule has 0 aromatic heterocycles. The van der Waals surface area contributed by atoms with Crippen molar-refractivity contribution >= 4 is 17.5 Å². The molecule has 2 fully saturated rings. The Kier molecular flexibility index (Phi) is 5.74. The van der Waals surface area contributed by atoms with Crippen LogP contribution in [0.2, 0.25) is 5.02 Å². The van der Waals surface area contributed by atoms with E-state index in [1.807, 2.05) is 0 Å². The summed E-state index contributed by atoms with van der Waals surface area (Å²) in [5.41, 5.74) is 0.312. The van der Waals surface area contributed by atoms with Gasteiger partial charge in [0, 0.05) is 37.7 Å². The number of nitrogens with zero attached hydrogens (tertiary/aromatic N) is 2. The van der Waals surface area contributed by atoms with Gasteiger partial charge in [-0.1, -0.05) is 18.0 Å². The van der Waals surface area contributed by atoms with Gasteiger partial charge in [0.1, 0.15) is 5.82 Å².